The summed E-state index contributed by atoms with van der Waals surface area (Å²) in [4.78, 5) is 2.48. The molecular formula is C20H31NO4. The lowest BCUT2D eigenvalue weighted by molar-refractivity contribution is -0.180. The van der Waals surface area contributed by atoms with Crippen molar-refractivity contribution in [1.29, 1.82) is 0 Å². The van der Waals surface area contributed by atoms with Gasteiger partial charge in [-0.25, -0.2) is 0 Å². The van der Waals surface area contributed by atoms with Crippen LogP contribution in [0.4, 0.5) is 0 Å². The minimum atomic E-state index is -0.606. The third-order valence-electron chi connectivity index (χ3n) is 5.22. The molecule has 3 rings (SSSR count). The third kappa shape index (κ3) is 4.73. The van der Waals surface area contributed by atoms with E-state index in [2.05, 4.69) is 17.0 Å². The molecule has 2 aliphatic heterocycles. The van der Waals surface area contributed by atoms with Crippen LogP contribution < -0.4 is 4.74 Å². The highest BCUT2D eigenvalue weighted by atomic mass is 16.7. The minimum absolute atomic E-state index is 0.268. The van der Waals surface area contributed by atoms with Gasteiger partial charge in [-0.15, -0.1) is 0 Å². The maximum absolute atomic E-state index is 9.97. The molecule has 2 heterocycles. The van der Waals surface area contributed by atoms with Crippen molar-refractivity contribution in [2.45, 2.75) is 58.7 Å². The Morgan fingerprint density at radius 3 is 2.80 bits per heavy atom. The average Bonchev–Trinajstić information content (AvgIpc) is 2.59. The molecule has 0 bridgehead atoms. The Kier molecular flexibility index (Phi) is 6.00. The highest BCUT2D eigenvalue weighted by Crippen LogP contribution is 2.33. The van der Waals surface area contributed by atoms with Gasteiger partial charge in [-0.1, -0.05) is 12.1 Å². The van der Waals surface area contributed by atoms with Crippen LogP contribution >= 0.6 is 0 Å². The highest BCUT2D eigenvalue weighted by Gasteiger charge is 2.29. The number of hydrogen-bond acceptors (Lipinski definition) is 5. The fourth-order valence-electron chi connectivity index (χ4n) is 3.69. The summed E-state index contributed by atoms with van der Waals surface area (Å²) in [5.74, 6) is 0.673. The van der Waals surface area contributed by atoms with Crippen molar-refractivity contribution in [3.8, 4) is 5.75 Å². The predicted octanol–water partition coefficient (Wildman–Crippen LogP) is 2.94. The summed E-state index contributed by atoms with van der Waals surface area (Å²) < 4.78 is 17.1. The van der Waals surface area contributed by atoms with E-state index in [-0.39, 0.29) is 5.92 Å². The zero-order valence-corrected chi connectivity index (χ0v) is 15.7. The smallest absolute Gasteiger partial charge is 0.205 e. The first-order chi connectivity index (χ1) is 12.0. The fraction of sp³-hybridized carbons (Fsp3) is 0.700. The van der Waals surface area contributed by atoms with E-state index in [1.165, 1.54) is 11.1 Å². The summed E-state index contributed by atoms with van der Waals surface area (Å²) in [5.41, 5.74) is 2.49. The summed E-state index contributed by atoms with van der Waals surface area (Å²) >= 11 is 0. The van der Waals surface area contributed by atoms with Gasteiger partial charge in [0.15, 0.2) is 6.29 Å². The molecule has 0 spiro atoms. The van der Waals surface area contributed by atoms with Crippen LogP contribution in [0.2, 0.25) is 0 Å². The zero-order chi connectivity index (χ0) is 17.9. The number of piperidine rings is 1. The van der Waals surface area contributed by atoms with E-state index < -0.39 is 12.1 Å². The molecular weight excluding hydrogens is 318 g/mol. The van der Waals surface area contributed by atoms with Gasteiger partial charge in [-0.2, -0.15) is 0 Å². The Labute approximate surface area is 150 Å². The van der Waals surface area contributed by atoms with Crippen LogP contribution in [0.1, 0.15) is 44.7 Å². The van der Waals surface area contributed by atoms with E-state index >= 15 is 0 Å². The fourth-order valence-corrected chi connectivity index (χ4v) is 3.69. The molecule has 0 radical (unpaired) electrons. The summed E-state index contributed by atoms with van der Waals surface area (Å²) in [6, 6.07) is 6.28. The molecule has 5 heteroatoms. The van der Waals surface area contributed by atoms with Crippen LogP contribution in [0, 0.1) is 5.92 Å². The SMILES string of the molecule is CCOC(O)C1CCN(CCc2cccc3c2COC(C)(C)O3)CC1. The number of ether oxygens (including phenoxy) is 3. The number of fused-ring (bicyclic) bond motifs is 1. The molecule has 0 aliphatic carbocycles. The van der Waals surface area contributed by atoms with Gasteiger partial charge in [0, 0.05) is 38.5 Å². The van der Waals surface area contributed by atoms with Crippen molar-refractivity contribution in [1.82, 2.24) is 4.90 Å². The Morgan fingerprint density at radius 2 is 2.08 bits per heavy atom. The first-order valence-corrected chi connectivity index (χ1v) is 9.44. The monoisotopic (exact) mass is 349 g/mol. The molecule has 0 aromatic heterocycles. The summed E-state index contributed by atoms with van der Waals surface area (Å²) in [6.07, 6.45) is 2.38. The van der Waals surface area contributed by atoms with Gasteiger partial charge in [-0.05, 0) is 50.9 Å². The Balaban J connectivity index is 1.52. The molecule has 0 saturated carbocycles. The van der Waals surface area contributed by atoms with Gasteiger partial charge in [0.2, 0.25) is 5.79 Å². The minimum Gasteiger partial charge on any atom is -0.463 e. The Morgan fingerprint density at radius 1 is 1.32 bits per heavy atom. The Hall–Kier alpha value is -1.14. The van der Waals surface area contributed by atoms with Crippen LogP contribution in [-0.2, 0) is 22.5 Å². The molecule has 1 aromatic carbocycles. The summed E-state index contributed by atoms with van der Waals surface area (Å²) in [5, 5.41) is 9.97. The molecule has 140 valence electrons. The number of likely N-dealkylation sites (tertiary alicyclic amines) is 1. The lowest BCUT2D eigenvalue weighted by atomic mass is 9.95. The van der Waals surface area contributed by atoms with Crippen LogP contribution in [0.3, 0.4) is 0 Å². The van der Waals surface area contributed by atoms with Crippen LogP contribution in [-0.4, -0.2) is 48.3 Å². The normalized spacial score (nSPS) is 22.2. The quantitative estimate of drug-likeness (QED) is 0.800. The molecule has 0 amide bonds. The van der Waals surface area contributed by atoms with Gasteiger partial charge < -0.3 is 24.2 Å². The molecule has 1 saturated heterocycles. The first kappa shape index (κ1) is 18.6. The Bertz CT molecular complexity index is 567. The molecule has 2 aliphatic rings. The lowest BCUT2D eigenvalue weighted by Crippen LogP contribution is -2.39. The van der Waals surface area contributed by atoms with E-state index in [1.54, 1.807) is 0 Å². The van der Waals surface area contributed by atoms with Crippen molar-refractivity contribution in [3.63, 3.8) is 0 Å². The van der Waals surface area contributed by atoms with Crippen LogP contribution in [0.25, 0.3) is 0 Å². The maximum atomic E-state index is 9.97. The van der Waals surface area contributed by atoms with E-state index in [1.807, 2.05) is 26.8 Å². The lowest BCUT2D eigenvalue weighted by Gasteiger charge is -2.35. The number of rotatable bonds is 6. The van der Waals surface area contributed by atoms with Gasteiger partial charge in [-0.3, -0.25) is 0 Å². The average molecular weight is 349 g/mol. The standard InChI is InChI=1S/C20H31NO4/c1-4-23-19(22)16-9-12-21(13-10-16)11-8-15-6-5-7-18-17(15)14-24-20(2,3)25-18/h5-7,16,19,22H,4,8-14H2,1-3H3. The van der Waals surface area contributed by atoms with E-state index in [9.17, 15) is 5.11 Å². The van der Waals surface area contributed by atoms with Gasteiger partial charge in [0.05, 0.1) is 6.61 Å². The second-order valence-electron chi connectivity index (χ2n) is 7.46. The topological polar surface area (TPSA) is 51.2 Å². The highest BCUT2D eigenvalue weighted by molar-refractivity contribution is 5.41. The third-order valence-corrected chi connectivity index (χ3v) is 5.22. The molecule has 1 unspecified atom stereocenters. The summed E-state index contributed by atoms with van der Waals surface area (Å²) in [6.45, 7) is 10.1. The van der Waals surface area contributed by atoms with Gasteiger partial charge >= 0.3 is 0 Å². The molecule has 25 heavy (non-hydrogen) atoms. The number of hydrogen-bond donors (Lipinski definition) is 1. The van der Waals surface area contributed by atoms with Crippen molar-refractivity contribution in [2.75, 3.05) is 26.2 Å². The molecule has 1 atom stereocenters. The van der Waals surface area contributed by atoms with E-state index in [0.717, 1.165) is 44.6 Å². The van der Waals surface area contributed by atoms with Gasteiger partial charge in [0.1, 0.15) is 5.75 Å². The van der Waals surface area contributed by atoms with Gasteiger partial charge in [0.25, 0.3) is 0 Å². The van der Waals surface area contributed by atoms with E-state index in [4.69, 9.17) is 14.2 Å². The van der Waals surface area contributed by atoms with E-state index in [0.29, 0.717) is 13.2 Å². The van der Waals surface area contributed by atoms with Crippen molar-refractivity contribution in [2.24, 2.45) is 5.92 Å². The van der Waals surface area contributed by atoms with Crippen molar-refractivity contribution < 1.29 is 19.3 Å². The van der Waals surface area contributed by atoms with Crippen LogP contribution in [0.5, 0.6) is 5.75 Å². The zero-order valence-electron chi connectivity index (χ0n) is 15.7. The number of aliphatic hydroxyl groups excluding tert-OH is 1. The molecule has 1 aromatic rings. The summed E-state index contributed by atoms with van der Waals surface area (Å²) in [7, 11) is 0. The first-order valence-electron chi connectivity index (χ1n) is 9.44. The molecule has 5 nitrogen and oxygen atoms in total. The molecule has 1 N–H and O–H groups in total. The number of benzene rings is 1. The van der Waals surface area contributed by atoms with Crippen molar-refractivity contribution >= 4 is 0 Å². The largest absolute Gasteiger partial charge is 0.463 e. The molecule has 1 fully saturated rings. The maximum Gasteiger partial charge on any atom is 0.205 e. The van der Waals surface area contributed by atoms with Crippen molar-refractivity contribution in [3.05, 3.63) is 29.3 Å². The van der Waals surface area contributed by atoms with Crippen LogP contribution in [0.15, 0.2) is 18.2 Å². The predicted molar refractivity (Wildman–Crippen MR) is 96.4 cm³/mol. The number of aliphatic hydroxyl groups is 1. The second-order valence-corrected chi connectivity index (χ2v) is 7.46. The number of nitrogens with zero attached hydrogens (tertiary/aromatic N) is 1. The second kappa shape index (κ2) is 8.04.